The molecular weight excluding hydrogens is 318 g/mol. The van der Waals surface area contributed by atoms with Crippen LogP contribution >= 0.6 is 0 Å². The number of carbonyl (C=O) groups excluding carboxylic acids is 1. The molecule has 0 aliphatic rings. The second kappa shape index (κ2) is 10.9. The third kappa shape index (κ3) is 6.42. The van der Waals surface area contributed by atoms with Crippen LogP contribution in [-0.2, 0) is 12.8 Å². The van der Waals surface area contributed by atoms with Gasteiger partial charge in [-0.2, -0.15) is 0 Å². The van der Waals surface area contributed by atoms with Gasteiger partial charge >= 0.3 is 0 Å². The Morgan fingerprint density at radius 1 is 0.846 bits per heavy atom. The fourth-order valence-electron chi connectivity index (χ4n) is 3.35. The lowest BCUT2D eigenvalue weighted by atomic mass is 9.97. The Morgan fingerprint density at radius 3 is 2.08 bits per heavy atom. The molecule has 2 nitrogen and oxygen atoms in total. The summed E-state index contributed by atoms with van der Waals surface area (Å²) < 4.78 is 0. The molecule has 0 bridgehead atoms. The Kier molecular flexibility index (Phi) is 8.57. The van der Waals surface area contributed by atoms with Gasteiger partial charge in [0, 0.05) is 18.5 Å². The van der Waals surface area contributed by atoms with Crippen molar-refractivity contribution in [2.75, 3.05) is 19.6 Å². The number of nitrogens with zero attached hydrogens (tertiary/aromatic N) is 1. The van der Waals surface area contributed by atoms with E-state index in [1.54, 1.807) is 0 Å². The second-order valence-corrected chi connectivity index (χ2v) is 7.04. The lowest BCUT2D eigenvalue weighted by molar-refractivity contribution is 0.0979. The van der Waals surface area contributed by atoms with Gasteiger partial charge in [-0.1, -0.05) is 67.9 Å². The van der Waals surface area contributed by atoms with Crippen molar-refractivity contribution in [2.45, 2.75) is 52.9 Å². The van der Waals surface area contributed by atoms with Gasteiger partial charge < -0.3 is 4.90 Å². The minimum Gasteiger partial charge on any atom is -0.304 e. The molecule has 2 rings (SSSR count). The fraction of sp³-hybridized carbons (Fsp3) is 0.458. The molecule has 26 heavy (non-hydrogen) atoms. The third-order valence-electron chi connectivity index (χ3n) is 5.18. The zero-order chi connectivity index (χ0) is 18.8. The highest BCUT2D eigenvalue weighted by Gasteiger charge is 2.07. The van der Waals surface area contributed by atoms with Crippen molar-refractivity contribution in [3.63, 3.8) is 0 Å². The molecule has 2 aromatic rings. The Balaban J connectivity index is 1.80. The van der Waals surface area contributed by atoms with E-state index in [4.69, 9.17) is 0 Å². The summed E-state index contributed by atoms with van der Waals surface area (Å²) in [5.74, 6) is 0.264. The quantitative estimate of drug-likeness (QED) is 0.395. The van der Waals surface area contributed by atoms with Crippen molar-refractivity contribution in [3.8, 4) is 0 Å². The van der Waals surface area contributed by atoms with E-state index in [9.17, 15) is 4.79 Å². The largest absolute Gasteiger partial charge is 0.304 e. The van der Waals surface area contributed by atoms with Crippen molar-refractivity contribution in [2.24, 2.45) is 0 Å². The summed E-state index contributed by atoms with van der Waals surface area (Å²) in [6.45, 7) is 9.84. The van der Waals surface area contributed by atoms with E-state index in [0.717, 1.165) is 50.9 Å². The molecule has 0 amide bonds. The third-order valence-corrected chi connectivity index (χ3v) is 5.18. The number of unbranched alkanes of at least 4 members (excludes halogenated alkanes) is 1. The predicted molar refractivity (Wildman–Crippen MR) is 111 cm³/mol. The standard InChI is InChI=1S/C24H33NO/c1-4-25(5-2)19-18-22-12-7-6-10-21(22)11-8-9-13-24(26)23-16-14-20(3)15-17-23/h6-7,10,12,14-17H,4-5,8-9,11,13,18-19H2,1-3H3. The molecule has 0 spiro atoms. The summed E-state index contributed by atoms with van der Waals surface area (Å²) in [5, 5.41) is 0. The van der Waals surface area contributed by atoms with Crippen LogP contribution in [0.1, 0.15) is 60.2 Å². The topological polar surface area (TPSA) is 20.3 Å². The number of hydrogen-bond donors (Lipinski definition) is 0. The number of rotatable bonds is 11. The summed E-state index contributed by atoms with van der Waals surface area (Å²) >= 11 is 0. The average molecular weight is 352 g/mol. The van der Waals surface area contributed by atoms with Crippen LogP contribution in [0.3, 0.4) is 0 Å². The molecule has 0 unspecified atom stereocenters. The van der Waals surface area contributed by atoms with Crippen LogP contribution in [-0.4, -0.2) is 30.3 Å². The van der Waals surface area contributed by atoms with Gasteiger partial charge in [0.1, 0.15) is 0 Å². The second-order valence-electron chi connectivity index (χ2n) is 7.04. The van der Waals surface area contributed by atoms with Crippen LogP contribution in [0.4, 0.5) is 0 Å². The van der Waals surface area contributed by atoms with E-state index < -0.39 is 0 Å². The highest BCUT2D eigenvalue weighted by molar-refractivity contribution is 5.96. The summed E-state index contributed by atoms with van der Waals surface area (Å²) in [6, 6.07) is 16.7. The van der Waals surface area contributed by atoms with E-state index in [1.165, 1.54) is 16.7 Å². The molecule has 140 valence electrons. The van der Waals surface area contributed by atoms with Crippen molar-refractivity contribution < 1.29 is 4.79 Å². The predicted octanol–water partition coefficient (Wildman–Crippen LogP) is 5.48. The molecule has 0 radical (unpaired) electrons. The molecule has 0 aliphatic carbocycles. The zero-order valence-electron chi connectivity index (χ0n) is 16.6. The van der Waals surface area contributed by atoms with E-state index in [1.807, 2.05) is 31.2 Å². The number of carbonyl (C=O) groups is 1. The van der Waals surface area contributed by atoms with Crippen molar-refractivity contribution in [3.05, 3.63) is 70.8 Å². The van der Waals surface area contributed by atoms with Gasteiger partial charge in [0.15, 0.2) is 5.78 Å². The highest BCUT2D eigenvalue weighted by atomic mass is 16.1. The summed E-state index contributed by atoms with van der Waals surface area (Å²) in [7, 11) is 0. The lowest BCUT2D eigenvalue weighted by Gasteiger charge is -2.19. The van der Waals surface area contributed by atoms with Gasteiger partial charge in [0.25, 0.3) is 0 Å². The first-order valence-electron chi connectivity index (χ1n) is 10.0. The van der Waals surface area contributed by atoms with Gasteiger partial charge in [-0.15, -0.1) is 0 Å². The molecule has 2 heteroatoms. The average Bonchev–Trinajstić information content (AvgIpc) is 2.67. The molecule has 0 saturated carbocycles. The van der Waals surface area contributed by atoms with Gasteiger partial charge in [-0.3, -0.25) is 4.79 Å². The first-order chi connectivity index (χ1) is 12.6. The Hall–Kier alpha value is -1.93. The van der Waals surface area contributed by atoms with Crippen LogP contribution in [0.15, 0.2) is 48.5 Å². The van der Waals surface area contributed by atoms with Gasteiger partial charge in [0.2, 0.25) is 0 Å². The number of ketones is 1. The molecule has 0 N–H and O–H groups in total. The molecule has 2 aromatic carbocycles. The Labute approximate surface area is 159 Å². The Morgan fingerprint density at radius 2 is 1.46 bits per heavy atom. The fourth-order valence-corrected chi connectivity index (χ4v) is 3.35. The zero-order valence-corrected chi connectivity index (χ0v) is 16.6. The first-order valence-corrected chi connectivity index (χ1v) is 10.0. The van der Waals surface area contributed by atoms with Crippen molar-refractivity contribution >= 4 is 5.78 Å². The monoisotopic (exact) mass is 351 g/mol. The smallest absolute Gasteiger partial charge is 0.162 e. The normalized spacial score (nSPS) is 11.1. The van der Waals surface area contributed by atoms with Gasteiger partial charge in [-0.05, 0) is 56.8 Å². The maximum atomic E-state index is 12.3. The molecule has 0 saturated heterocycles. The molecule has 0 aliphatic heterocycles. The first kappa shape index (κ1) is 20.4. The van der Waals surface area contributed by atoms with E-state index in [0.29, 0.717) is 6.42 Å². The Bertz CT molecular complexity index is 671. The minimum atomic E-state index is 0.264. The summed E-state index contributed by atoms with van der Waals surface area (Å²) in [4.78, 5) is 14.7. The van der Waals surface area contributed by atoms with Crippen molar-refractivity contribution in [1.82, 2.24) is 4.90 Å². The number of hydrogen-bond acceptors (Lipinski definition) is 2. The van der Waals surface area contributed by atoms with E-state index >= 15 is 0 Å². The number of aryl methyl sites for hydroxylation is 2. The molecule has 0 fully saturated rings. The SMILES string of the molecule is CCN(CC)CCc1ccccc1CCCCC(=O)c1ccc(C)cc1. The molecule has 0 heterocycles. The van der Waals surface area contributed by atoms with Crippen LogP contribution in [0.2, 0.25) is 0 Å². The maximum absolute atomic E-state index is 12.3. The number of benzene rings is 2. The molecule has 0 atom stereocenters. The highest BCUT2D eigenvalue weighted by Crippen LogP contribution is 2.15. The van der Waals surface area contributed by atoms with Crippen LogP contribution in [0.25, 0.3) is 0 Å². The van der Waals surface area contributed by atoms with Gasteiger partial charge in [0.05, 0.1) is 0 Å². The van der Waals surface area contributed by atoms with Gasteiger partial charge in [-0.25, -0.2) is 0 Å². The van der Waals surface area contributed by atoms with Crippen molar-refractivity contribution in [1.29, 1.82) is 0 Å². The minimum absolute atomic E-state index is 0.264. The van der Waals surface area contributed by atoms with E-state index in [-0.39, 0.29) is 5.78 Å². The summed E-state index contributed by atoms with van der Waals surface area (Å²) in [5.41, 5.74) is 4.95. The van der Waals surface area contributed by atoms with Crippen LogP contribution < -0.4 is 0 Å². The van der Waals surface area contributed by atoms with Crippen LogP contribution in [0, 0.1) is 6.92 Å². The summed E-state index contributed by atoms with van der Waals surface area (Å²) in [6.07, 6.45) is 4.84. The lowest BCUT2D eigenvalue weighted by Crippen LogP contribution is -2.25. The number of Topliss-reactive ketones (excluding diaryl/α,β-unsaturated/α-hetero) is 1. The number of likely N-dealkylation sites (N-methyl/N-ethyl adjacent to an activating group) is 1. The maximum Gasteiger partial charge on any atom is 0.162 e. The van der Waals surface area contributed by atoms with E-state index in [2.05, 4.69) is 43.0 Å². The van der Waals surface area contributed by atoms with Crippen LogP contribution in [0.5, 0.6) is 0 Å². The molecule has 0 aromatic heterocycles. The molecular formula is C24H33NO.